The number of ether oxygens (including phenoxy) is 1. The molecule has 2 rings (SSSR count). The molecule has 0 aromatic heterocycles. The maximum absolute atomic E-state index is 11.9. The normalized spacial score (nSPS) is 11.3. The molecular weight excluding hydrogens is 336 g/mol. The van der Waals surface area contributed by atoms with Gasteiger partial charge in [-0.25, -0.2) is 5.43 Å². The van der Waals surface area contributed by atoms with Crippen LogP contribution in [0.5, 0.6) is 5.75 Å². The molecule has 2 aromatic rings. The summed E-state index contributed by atoms with van der Waals surface area (Å²) in [5, 5.41) is 4.84. The summed E-state index contributed by atoms with van der Waals surface area (Å²) in [6.07, 6.45) is 0.994. The monoisotopic (exact) mass is 358 g/mol. The molecule has 0 unspecified atom stereocenters. The number of halogens is 1. The molecule has 0 spiro atoms. The fourth-order valence-electron chi connectivity index (χ4n) is 2.36. The molecule has 2 aromatic carbocycles. The van der Waals surface area contributed by atoms with Crippen LogP contribution < -0.4 is 10.2 Å². The van der Waals surface area contributed by atoms with E-state index in [2.05, 4.69) is 29.6 Å². The Hall–Kier alpha value is -2.33. The van der Waals surface area contributed by atoms with Gasteiger partial charge < -0.3 is 4.74 Å². The zero-order chi connectivity index (χ0) is 18.4. The van der Waals surface area contributed by atoms with Gasteiger partial charge in [0.05, 0.1) is 5.71 Å². The highest BCUT2D eigenvalue weighted by atomic mass is 35.5. The van der Waals surface area contributed by atoms with Gasteiger partial charge in [0.25, 0.3) is 5.91 Å². The van der Waals surface area contributed by atoms with E-state index >= 15 is 0 Å². The van der Waals surface area contributed by atoms with E-state index in [1.165, 1.54) is 5.56 Å². The molecule has 132 valence electrons. The molecule has 4 nitrogen and oxygen atoms in total. The number of nitrogens with one attached hydrogen (secondary N) is 1. The van der Waals surface area contributed by atoms with Crippen LogP contribution in [0.4, 0.5) is 0 Å². The van der Waals surface area contributed by atoms with Gasteiger partial charge in [0, 0.05) is 5.02 Å². The number of rotatable bonds is 6. The Morgan fingerprint density at radius 1 is 1.16 bits per heavy atom. The van der Waals surface area contributed by atoms with Gasteiger partial charge in [0.2, 0.25) is 0 Å². The maximum atomic E-state index is 11.9. The average Bonchev–Trinajstić information content (AvgIpc) is 2.62. The van der Waals surface area contributed by atoms with Crippen molar-refractivity contribution in [3.05, 3.63) is 63.7 Å². The average molecular weight is 359 g/mol. The second-order valence-corrected chi connectivity index (χ2v) is 6.32. The Kier molecular flexibility index (Phi) is 6.59. The fourth-order valence-corrected chi connectivity index (χ4v) is 2.47. The largest absolute Gasteiger partial charge is 0.484 e. The van der Waals surface area contributed by atoms with Gasteiger partial charge in [0.1, 0.15) is 5.75 Å². The zero-order valence-corrected chi connectivity index (χ0v) is 15.8. The lowest BCUT2D eigenvalue weighted by atomic mass is 10.1. The molecule has 0 heterocycles. The zero-order valence-electron chi connectivity index (χ0n) is 15.0. The number of hydrogen-bond acceptors (Lipinski definition) is 3. The van der Waals surface area contributed by atoms with Crippen LogP contribution in [0, 0.1) is 13.8 Å². The summed E-state index contributed by atoms with van der Waals surface area (Å²) in [4.78, 5) is 11.9. The summed E-state index contributed by atoms with van der Waals surface area (Å²) in [6, 6.07) is 11.7. The summed E-state index contributed by atoms with van der Waals surface area (Å²) in [5.74, 6) is 0.306. The molecule has 0 aliphatic rings. The smallest absolute Gasteiger partial charge is 0.277 e. The van der Waals surface area contributed by atoms with E-state index in [-0.39, 0.29) is 12.5 Å². The fraction of sp³-hybridized carbons (Fsp3) is 0.300. The number of carbonyl (C=O) groups is 1. The molecular formula is C20H23ClN2O2. The highest BCUT2D eigenvalue weighted by Crippen LogP contribution is 2.25. The molecule has 0 fully saturated rings. The predicted octanol–water partition coefficient (Wildman–Crippen LogP) is 4.44. The number of aryl methyl sites for hydroxylation is 3. The van der Waals surface area contributed by atoms with Crippen molar-refractivity contribution in [2.75, 3.05) is 6.61 Å². The topological polar surface area (TPSA) is 50.7 Å². The van der Waals surface area contributed by atoms with Gasteiger partial charge in [-0.3, -0.25) is 4.79 Å². The van der Waals surface area contributed by atoms with Crippen LogP contribution in [0.15, 0.2) is 41.5 Å². The molecule has 0 aliphatic carbocycles. The molecule has 0 bridgehead atoms. The van der Waals surface area contributed by atoms with Crippen molar-refractivity contribution in [1.29, 1.82) is 0 Å². The van der Waals surface area contributed by atoms with Crippen molar-refractivity contribution in [2.24, 2.45) is 5.10 Å². The number of hydrogen-bond donors (Lipinski definition) is 1. The summed E-state index contributed by atoms with van der Waals surface area (Å²) in [6.45, 7) is 7.67. The third-order valence-corrected chi connectivity index (χ3v) is 4.50. The molecule has 0 saturated heterocycles. The lowest BCUT2D eigenvalue weighted by molar-refractivity contribution is -0.123. The highest BCUT2D eigenvalue weighted by molar-refractivity contribution is 6.32. The van der Waals surface area contributed by atoms with Crippen molar-refractivity contribution in [3.63, 3.8) is 0 Å². The number of amides is 1. The molecule has 1 amide bonds. The summed E-state index contributed by atoms with van der Waals surface area (Å²) in [7, 11) is 0. The van der Waals surface area contributed by atoms with Gasteiger partial charge in [-0.15, -0.1) is 0 Å². The molecule has 0 saturated carbocycles. The van der Waals surface area contributed by atoms with E-state index < -0.39 is 0 Å². The van der Waals surface area contributed by atoms with Gasteiger partial charge in [0.15, 0.2) is 6.61 Å². The number of hydrazone groups is 1. The number of nitrogens with zero attached hydrogens (tertiary/aromatic N) is 1. The highest BCUT2D eigenvalue weighted by Gasteiger charge is 2.06. The van der Waals surface area contributed by atoms with Crippen molar-refractivity contribution >= 4 is 23.2 Å². The molecule has 1 N–H and O–H groups in total. The lowest BCUT2D eigenvalue weighted by Gasteiger charge is -2.09. The second-order valence-electron chi connectivity index (χ2n) is 5.94. The molecule has 5 heteroatoms. The Bertz CT molecular complexity index is 760. The minimum absolute atomic E-state index is 0.105. The Morgan fingerprint density at radius 3 is 2.32 bits per heavy atom. The molecule has 0 aliphatic heterocycles. The van der Waals surface area contributed by atoms with Crippen molar-refractivity contribution in [2.45, 2.75) is 34.1 Å². The number of carbonyl (C=O) groups excluding carboxylic acids is 1. The second kappa shape index (κ2) is 8.67. The Morgan fingerprint density at radius 2 is 1.76 bits per heavy atom. The van der Waals surface area contributed by atoms with Crippen LogP contribution in [0.1, 0.15) is 36.1 Å². The van der Waals surface area contributed by atoms with Crippen molar-refractivity contribution in [1.82, 2.24) is 5.43 Å². The first-order valence-corrected chi connectivity index (χ1v) is 8.60. The first kappa shape index (κ1) is 19.0. The first-order valence-electron chi connectivity index (χ1n) is 8.22. The minimum Gasteiger partial charge on any atom is -0.484 e. The first-order chi connectivity index (χ1) is 11.9. The van der Waals surface area contributed by atoms with Crippen molar-refractivity contribution in [3.8, 4) is 5.75 Å². The summed E-state index contributed by atoms with van der Waals surface area (Å²) < 4.78 is 5.51. The Labute approximate surface area is 153 Å². The van der Waals surface area contributed by atoms with Crippen molar-refractivity contribution < 1.29 is 9.53 Å². The van der Waals surface area contributed by atoms with Gasteiger partial charge in [-0.2, -0.15) is 5.10 Å². The lowest BCUT2D eigenvalue weighted by Crippen LogP contribution is -2.25. The third-order valence-electron chi connectivity index (χ3n) is 3.91. The standard InChI is InChI=1S/C20H23ClN2O2/c1-5-16-6-8-17(9-7-16)15(4)22-23-19(24)12-25-18-10-13(2)20(21)14(3)11-18/h6-11H,5,12H2,1-4H3,(H,23,24)/b22-15-. The van der Waals surface area contributed by atoms with Crippen LogP contribution in [0.25, 0.3) is 0 Å². The van der Waals surface area contributed by atoms with E-state index in [0.717, 1.165) is 28.8 Å². The third kappa shape index (κ3) is 5.33. The van der Waals surface area contributed by atoms with E-state index in [1.807, 2.05) is 45.0 Å². The van der Waals surface area contributed by atoms with E-state index in [4.69, 9.17) is 16.3 Å². The van der Waals surface area contributed by atoms with Crippen LogP contribution in [-0.2, 0) is 11.2 Å². The van der Waals surface area contributed by atoms with Crippen LogP contribution in [0.2, 0.25) is 5.02 Å². The molecule has 25 heavy (non-hydrogen) atoms. The summed E-state index contributed by atoms with van der Waals surface area (Å²) in [5.41, 5.74) is 7.34. The van der Waals surface area contributed by atoms with E-state index in [1.54, 1.807) is 0 Å². The number of benzene rings is 2. The van der Waals surface area contributed by atoms with Gasteiger partial charge in [-0.05, 0) is 61.6 Å². The van der Waals surface area contributed by atoms with Gasteiger partial charge in [-0.1, -0.05) is 42.8 Å². The molecule has 0 atom stereocenters. The van der Waals surface area contributed by atoms with Crippen LogP contribution in [-0.4, -0.2) is 18.2 Å². The minimum atomic E-state index is -0.310. The SMILES string of the molecule is CCc1ccc(/C(C)=N\NC(=O)COc2cc(C)c(Cl)c(C)c2)cc1. The molecule has 0 radical (unpaired) electrons. The quantitative estimate of drug-likeness (QED) is 0.613. The van der Waals surface area contributed by atoms with Crippen LogP contribution in [0.3, 0.4) is 0 Å². The summed E-state index contributed by atoms with van der Waals surface area (Å²) >= 11 is 6.12. The maximum Gasteiger partial charge on any atom is 0.277 e. The predicted molar refractivity (Wildman–Crippen MR) is 103 cm³/mol. The Balaban J connectivity index is 1.91. The van der Waals surface area contributed by atoms with E-state index in [9.17, 15) is 4.79 Å². The van der Waals surface area contributed by atoms with Gasteiger partial charge >= 0.3 is 0 Å². The van der Waals surface area contributed by atoms with Crippen LogP contribution >= 0.6 is 11.6 Å². The van der Waals surface area contributed by atoms with E-state index in [0.29, 0.717) is 10.8 Å².